The zero-order chi connectivity index (χ0) is 23.2. The molecule has 0 aliphatic heterocycles. The number of hydrogen-bond donors (Lipinski definition) is 2. The van der Waals surface area contributed by atoms with E-state index in [0.29, 0.717) is 11.4 Å². The second kappa shape index (κ2) is 9.82. The quantitative estimate of drug-likeness (QED) is 0.367. The van der Waals surface area contributed by atoms with E-state index in [1.165, 1.54) is 6.20 Å². The molecule has 1 heterocycles. The van der Waals surface area contributed by atoms with Gasteiger partial charge in [0.2, 0.25) is 0 Å². The summed E-state index contributed by atoms with van der Waals surface area (Å²) >= 11 is 0. The summed E-state index contributed by atoms with van der Waals surface area (Å²) < 4.78 is 10.8. The number of ether oxygens (including phenoxy) is 1. The van der Waals surface area contributed by atoms with Gasteiger partial charge in [0.25, 0.3) is 0 Å². The molecule has 2 N–H and O–H groups in total. The lowest BCUT2D eigenvalue weighted by Crippen LogP contribution is -2.16. The van der Waals surface area contributed by atoms with Crippen LogP contribution < -0.4 is 5.32 Å². The molecule has 1 unspecified atom stereocenters. The first-order valence-electron chi connectivity index (χ1n) is 10.4. The van der Waals surface area contributed by atoms with E-state index < -0.39 is 18.2 Å². The monoisotopic (exact) mass is 442 g/mol. The second-order valence-corrected chi connectivity index (χ2v) is 7.50. The number of benzene rings is 3. The molecular formula is C26H22N2O5. The minimum absolute atomic E-state index is 0.00690. The summed E-state index contributed by atoms with van der Waals surface area (Å²) in [5.41, 5.74) is 4.71. The molecule has 0 bridgehead atoms. The summed E-state index contributed by atoms with van der Waals surface area (Å²) in [6, 6.07) is 24.4. The van der Waals surface area contributed by atoms with Crippen LogP contribution in [0.2, 0.25) is 0 Å². The molecule has 0 saturated heterocycles. The van der Waals surface area contributed by atoms with E-state index in [1.807, 2.05) is 66.7 Å². The van der Waals surface area contributed by atoms with Crippen molar-refractivity contribution in [2.45, 2.75) is 19.4 Å². The van der Waals surface area contributed by atoms with Gasteiger partial charge in [-0.2, -0.15) is 0 Å². The number of rotatable bonds is 7. The first kappa shape index (κ1) is 21.8. The highest BCUT2D eigenvalue weighted by atomic mass is 16.6. The molecule has 7 nitrogen and oxygen atoms in total. The van der Waals surface area contributed by atoms with Gasteiger partial charge in [-0.15, -0.1) is 0 Å². The van der Waals surface area contributed by atoms with Gasteiger partial charge in [0.05, 0.1) is 12.6 Å². The highest BCUT2D eigenvalue weighted by Crippen LogP contribution is 2.30. The van der Waals surface area contributed by atoms with Crippen molar-refractivity contribution in [3.63, 3.8) is 0 Å². The van der Waals surface area contributed by atoms with Crippen molar-refractivity contribution in [1.29, 1.82) is 0 Å². The molecule has 33 heavy (non-hydrogen) atoms. The Kier molecular flexibility index (Phi) is 6.50. The number of aliphatic carboxylic acids is 1. The highest BCUT2D eigenvalue weighted by Gasteiger charge is 2.17. The summed E-state index contributed by atoms with van der Waals surface area (Å²) in [6.45, 7) is 1.80. The fourth-order valence-corrected chi connectivity index (χ4v) is 3.43. The minimum Gasteiger partial charge on any atom is -0.481 e. The number of aromatic nitrogens is 1. The molecule has 0 aliphatic rings. The number of nitrogens with zero attached hydrogens (tertiary/aromatic N) is 1. The van der Waals surface area contributed by atoms with Crippen LogP contribution in [-0.4, -0.2) is 22.3 Å². The number of amides is 1. The third-order valence-corrected chi connectivity index (χ3v) is 5.15. The maximum absolute atomic E-state index is 12.4. The highest BCUT2D eigenvalue weighted by molar-refractivity contribution is 5.89. The van der Waals surface area contributed by atoms with E-state index >= 15 is 0 Å². The van der Waals surface area contributed by atoms with Gasteiger partial charge in [0.1, 0.15) is 11.8 Å². The molecule has 0 aliphatic carbocycles. The van der Waals surface area contributed by atoms with Crippen LogP contribution in [0, 0.1) is 0 Å². The zero-order valence-electron chi connectivity index (χ0n) is 17.9. The summed E-state index contributed by atoms with van der Waals surface area (Å²) in [5, 5.41) is 15.4. The lowest BCUT2D eigenvalue weighted by molar-refractivity contribution is -0.136. The molecule has 7 heteroatoms. The largest absolute Gasteiger partial charge is 0.481 e. The van der Waals surface area contributed by atoms with E-state index in [-0.39, 0.29) is 6.42 Å². The minimum atomic E-state index is -0.859. The molecule has 3 aromatic carbocycles. The van der Waals surface area contributed by atoms with Crippen molar-refractivity contribution < 1.29 is 24.0 Å². The van der Waals surface area contributed by atoms with Crippen LogP contribution in [0.1, 0.15) is 24.2 Å². The average molecular weight is 442 g/mol. The Hall–Kier alpha value is -4.39. The van der Waals surface area contributed by atoms with E-state index in [9.17, 15) is 9.59 Å². The summed E-state index contributed by atoms with van der Waals surface area (Å²) in [7, 11) is 0. The summed E-state index contributed by atoms with van der Waals surface area (Å²) in [6.07, 6.45) is 0.413. The van der Waals surface area contributed by atoms with E-state index in [2.05, 4.69) is 10.5 Å². The Morgan fingerprint density at radius 1 is 0.939 bits per heavy atom. The van der Waals surface area contributed by atoms with E-state index in [0.717, 1.165) is 27.8 Å². The van der Waals surface area contributed by atoms with Crippen LogP contribution >= 0.6 is 0 Å². The van der Waals surface area contributed by atoms with Crippen molar-refractivity contribution in [2.24, 2.45) is 0 Å². The number of carboxylic acids is 1. The Bertz CT molecular complexity index is 1230. The number of anilines is 1. The normalized spacial score (nSPS) is 11.5. The molecule has 0 radical (unpaired) electrons. The van der Waals surface area contributed by atoms with Gasteiger partial charge in [-0.05, 0) is 29.2 Å². The van der Waals surface area contributed by atoms with Crippen LogP contribution in [0.4, 0.5) is 10.5 Å². The standard InChI is InChI=1S/C26H22N2O5/c1-17(19-5-3-2-4-6-19)32-26(31)28-23-16-27-33-25(23)22-13-11-21(12-14-22)20-9-7-18(8-10-20)15-24(29)30/h2-14,16-17H,15H2,1H3,(H,28,31)(H,29,30). The molecular weight excluding hydrogens is 420 g/mol. The molecule has 0 saturated carbocycles. The van der Waals surface area contributed by atoms with E-state index in [1.54, 1.807) is 19.1 Å². The van der Waals surface area contributed by atoms with Gasteiger partial charge >= 0.3 is 12.1 Å². The Labute approximate surface area is 190 Å². The van der Waals surface area contributed by atoms with Crippen LogP contribution in [0.5, 0.6) is 0 Å². The molecule has 0 spiro atoms. The first-order chi connectivity index (χ1) is 16.0. The van der Waals surface area contributed by atoms with Crippen LogP contribution in [0.25, 0.3) is 22.5 Å². The lowest BCUT2D eigenvalue weighted by atomic mass is 10.0. The fraction of sp³-hybridized carbons (Fsp3) is 0.115. The van der Waals surface area contributed by atoms with Crippen LogP contribution in [0.15, 0.2) is 89.6 Å². The number of carbonyl (C=O) groups excluding carboxylic acids is 1. The van der Waals surface area contributed by atoms with Gasteiger partial charge in [0.15, 0.2) is 5.76 Å². The average Bonchev–Trinajstić information content (AvgIpc) is 3.28. The van der Waals surface area contributed by atoms with Gasteiger partial charge in [0, 0.05) is 5.56 Å². The number of hydrogen-bond acceptors (Lipinski definition) is 5. The van der Waals surface area contributed by atoms with Crippen molar-refractivity contribution >= 4 is 17.7 Å². The molecule has 1 atom stereocenters. The molecule has 4 rings (SSSR count). The van der Waals surface area contributed by atoms with Crippen molar-refractivity contribution in [3.05, 3.63) is 96.2 Å². The maximum atomic E-state index is 12.4. The SMILES string of the molecule is CC(OC(=O)Nc1cnoc1-c1ccc(-c2ccc(CC(=O)O)cc2)cc1)c1ccccc1. The zero-order valence-corrected chi connectivity index (χ0v) is 17.9. The van der Waals surface area contributed by atoms with Gasteiger partial charge < -0.3 is 14.4 Å². The smallest absolute Gasteiger partial charge is 0.412 e. The summed E-state index contributed by atoms with van der Waals surface area (Å²) in [4.78, 5) is 23.2. The molecule has 4 aromatic rings. The van der Waals surface area contributed by atoms with Crippen molar-refractivity contribution in [1.82, 2.24) is 5.16 Å². The number of carboxylic acid groups (broad SMARTS) is 1. The van der Waals surface area contributed by atoms with Crippen LogP contribution in [0.3, 0.4) is 0 Å². The third-order valence-electron chi connectivity index (χ3n) is 5.15. The lowest BCUT2D eigenvalue weighted by Gasteiger charge is -2.14. The Balaban J connectivity index is 1.44. The fourth-order valence-electron chi connectivity index (χ4n) is 3.43. The predicted molar refractivity (Wildman–Crippen MR) is 124 cm³/mol. The first-order valence-corrected chi connectivity index (χ1v) is 10.4. The molecule has 0 fully saturated rings. The second-order valence-electron chi connectivity index (χ2n) is 7.50. The summed E-state index contributed by atoms with van der Waals surface area (Å²) in [5.74, 6) is -0.440. The third kappa shape index (κ3) is 5.46. The maximum Gasteiger partial charge on any atom is 0.412 e. The predicted octanol–water partition coefficient (Wildman–Crippen LogP) is 5.95. The Morgan fingerprint density at radius 2 is 1.55 bits per heavy atom. The topological polar surface area (TPSA) is 102 Å². The molecule has 1 aromatic heterocycles. The number of nitrogens with one attached hydrogen (secondary N) is 1. The molecule has 1 amide bonds. The van der Waals surface area contributed by atoms with Crippen molar-refractivity contribution in [3.8, 4) is 22.5 Å². The van der Waals surface area contributed by atoms with Gasteiger partial charge in [-0.1, -0.05) is 84.0 Å². The van der Waals surface area contributed by atoms with E-state index in [4.69, 9.17) is 14.4 Å². The van der Waals surface area contributed by atoms with Crippen molar-refractivity contribution in [2.75, 3.05) is 5.32 Å². The Morgan fingerprint density at radius 3 is 2.18 bits per heavy atom. The van der Waals surface area contributed by atoms with Gasteiger partial charge in [-0.3, -0.25) is 10.1 Å². The van der Waals surface area contributed by atoms with Gasteiger partial charge in [-0.25, -0.2) is 4.79 Å². The molecule has 166 valence electrons. The van der Waals surface area contributed by atoms with Crippen LogP contribution in [-0.2, 0) is 16.0 Å². The number of carbonyl (C=O) groups is 2.